The molecule has 7 nitrogen and oxygen atoms in total. The molecular formula is C19H18N2O5. The van der Waals surface area contributed by atoms with Gasteiger partial charge < -0.3 is 14.8 Å². The van der Waals surface area contributed by atoms with Crippen molar-refractivity contribution in [3.8, 4) is 5.75 Å². The Hall–Kier alpha value is -2.93. The third-order valence-electron chi connectivity index (χ3n) is 4.66. The molecule has 0 aliphatic carbocycles. The van der Waals surface area contributed by atoms with Gasteiger partial charge in [-0.1, -0.05) is 30.3 Å². The number of hydrogen-bond acceptors (Lipinski definition) is 5. The highest BCUT2D eigenvalue weighted by Gasteiger charge is 2.57. The van der Waals surface area contributed by atoms with Gasteiger partial charge in [-0.25, -0.2) is 0 Å². The summed E-state index contributed by atoms with van der Waals surface area (Å²) in [5, 5.41) is 14.1. The maximum Gasteiger partial charge on any atom is 0.296 e. The Kier molecular flexibility index (Phi) is 3.69. The highest BCUT2D eigenvalue weighted by Crippen LogP contribution is 2.55. The predicted octanol–water partition coefficient (Wildman–Crippen LogP) is 3.39. The van der Waals surface area contributed by atoms with E-state index in [4.69, 9.17) is 9.47 Å². The van der Waals surface area contributed by atoms with Gasteiger partial charge in [-0.05, 0) is 25.5 Å². The van der Waals surface area contributed by atoms with Crippen molar-refractivity contribution in [1.29, 1.82) is 0 Å². The first-order valence-electron chi connectivity index (χ1n) is 8.36. The molecule has 7 heteroatoms. The van der Waals surface area contributed by atoms with Crippen LogP contribution in [0.15, 0.2) is 42.5 Å². The van der Waals surface area contributed by atoms with Crippen LogP contribution in [0.3, 0.4) is 0 Å². The summed E-state index contributed by atoms with van der Waals surface area (Å²) in [6.45, 7) is 3.78. The Balaban J connectivity index is 1.63. The summed E-state index contributed by atoms with van der Waals surface area (Å²) >= 11 is 0. The molecule has 0 aromatic heterocycles. The topological polar surface area (TPSA) is 94.0 Å². The lowest BCUT2D eigenvalue weighted by molar-refractivity contribution is -0.384. The van der Waals surface area contributed by atoms with Crippen LogP contribution < -0.4 is 10.1 Å². The first kappa shape index (κ1) is 16.5. The number of hydrogen-bond donors (Lipinski definition) is 1. The minimum atomic E-state index is -0.538. The molecule has 2 unspecified atom stereocenters. The third kappa shape index (κ3) is 2.90. The van der Waals surface area contributed by atoms with E-state index in [-0.39, 0.29) is 35.9 Å². The molecule has 1 amide bonds. The number of anilines is 1. The van der Waals surface area contributed by atoms with Crippen LogP contribution in [-0.4, -0.2) is 22.5 Å². The molecule has 2 aromatic carbocycles. The van der Waals surface area contributed by atoms with Crippen LogP contribution in [0.1, 0.15) is 31.1 Å². The maximum atomic E-state index is 12.3. The van der Waals surface area contributed by atoms with Crippen LogP contribution in [-0.2, 0) is 16.0 Å². The van der Waals surface area contributed by atoms with Crippen molar-refractivity contribution in [2.45, 2.75) is 38.1 Å². The first-order chi connectivity index (χ1) is 12.3. The van der Waals surface area contributed by atoms with Crippen LogP contribution in [0.2, 0.25) is 0 Å². The smallest absolute Gasteiger partial charge is 0.296 e. The third-order valence-corrected chi connectivity index (χ3v) is 4.66. The summed E-state index contributed by atoms with van der Waals surface area (Å²) in [7, 11) is 0. The molecule has 4 rings (SSSR count). The monoisotopic (exact) mass is 354 g/mol. The zero-order valence-corrected chi connectivity index (χ0v) is 14.4. The molecule has 2 aromatic rings. The fraction of sp³-hybridized carbons (Fsp3) is 0.316. The number of amides is 1. The van der Waals surface area contributed by atoms with E-state index in [0.29, 0.717) is 5.75 Å². The number of carbonyl (C=O) groups is 1. The number of carbonyl (C=O) groups excluding carboxylic acids is 1. The average Bonchev–Trinajstić information content (AvgIpc) is 3.37. The summed E-state index contributed by atoms with van der Waals surface area (Å²) < 4.78 is 11.5. The molecule has 1 fully saturated rings. The second-order valence-corrected chi connectivity index (χ2v) is 7.06. The van der Waals surface area contributed by atoms with Crippen LogP contribution >= 0.6 is 0 Å². The number of benzene rings is 2. The largest absolute Gasteiger partial charge is 0.484 e. The Labute approximate surface area is 150 Å². The van der Waals surface area contributed by atoms with Gasteiger partial charge in [-0.15, -0.1) is 0 Å². The summed E-state index contributed by atoms with van der Waals surface area (Å²) in [4.78, 5) is 23.3. The van der Waals surface area contributed by atoms with Gasteiger partial charge in [0.1, 0.15) is 29.2 Å². The number of nitro groups is 1. The molecule has 1 N–H and O–H groups in total. The van der Waals surface area contributed by atoms with E-state index in [0.717, 1.165) is 11.1 Å². The molecule has 26 heavy (non-hydrogen) atoms. The molecular weight excluding hydrogens is 336 g/mol. The number of nitrogens with zero attached hydrogens (tertiary/aromatic N) is 1. The summed E-state index contributed by atoms with van der Waals surface area (Å²) in [6, 6.07) is 12.2. The summed E-state index contributed by atoms with van der Waals surface area (Å²) in [5.41, 5.74) is 0.993. The van der Waals surface area contributed by atoms with E-state index in [2.05, 4.69) is 5.32 Å². The lowest BCUT2D eigenvalue weighted by atomic mass is 9.93. The van der Waals surface area contributed by atoms with Crippen molar-refractivity contribution in [3.05, 3.63) is 63.7 Å². The molecule has 134 valence electrons. The van der Waals surface area contributed by atoms with E-state index in [1.165, 1.54) is 6.07 Å². The number of nitro benzene ring substituents is 1. The molecule has 1 saturated heterocycles. The molecule has 0 spiro atoms. The minimum Gasteiger partial charge on any atom is -0.484 e. The summed E-state index contributed by atoms with van der Waals surface area (Å²) in [6.07, 6.45) is -0.0927. The van der Waals surface area contributed by atoms with Gasteiger partial charge in [0.2, 0.25) is 5.91 Å². The van der Waals surface area contributed by atoms with Crippen molar-refractivity contribution >= 4 is 17.3 Å². The van der Waals surface area contributed by atoms with Crippen molar-refractivity contribution < 1.29 is 19.2 Å². The second-order valence-electron chi connectivity index (χ2n) is 7.06. The second kappa shape index (κ2) is 5.81. The van der Waals surface area contributed by atoms with Gasteiger partial charge in [-0.2, -0.15) is 0 Å². The number of ether oxygens (including phenoxy) is 2. The zero-order valence-electron chi connectivity index (χ0n) is 14.4. The van der Waals surface area contributed by atoms with E-state index < -0.39 is 10.5 Å². The highest BCUT2D eigenvalue weighted by atomic mass is 16.6. The van der Waals surface area contributed by atoms with Crippen LogP contribution in [0.25, 0.3) is 0 Å². The SMILES string of the molecule is CC1(C)Oc2cc([N+](=O)[O-])c(NC(=O)Cc3ccccc3)cc2C2OC21. The van der Waals surface area contributed by atoms with Crippen molar-refractivity contribution in [2.75, 3.05) is 5.32 Å². The summed E-state index contributed by atoms with van der Waals surface area (Å²) in [5.74, 6) is 0.117. The van der Waals surface area contributed by atoms with Gasteiger partial charge in [0.05, 0.1) is 17.4 Å². The maximum absolute atomic E-state index is 12.3. The van der Waals surface area contributed by atoms with E-state index in [1.807, 2.05) is 44.2 Å². The van der Waals surface area contributed by atoms with Crippen LogP contribution in [0.5, 0.6) is 5.75 Å². The molecule has 2 atom stereocenters. The van der Waals surface area contributed by atoms with Gasteiger partial charge in [0.25, 0.3) is 5.69 Å². The van der Waals surface area contributed by atoms with Gasteiger partial charge in [0, 0.05) is 5.56 Å². The van der Waals surface area contributed by atoms with Crippen molar-refractivity contribution in [3.63, 3.8) is 0 Å². The lowest BCUT2D eigenvalue weighted by Gasteiger charge is -2.29. The molecule has 2 aliphatic heterocycles. The molecule has 2 heterocycles. The van der Waals surface area contributed by atoms with Crippen LogP contribution in [0, 0.1) is 10.1 Å². The van der Waals surface area contributed by atoms with Gasteiger partial charge in [0.15, 0.2) is 0 Å². The molecule has 2 aliphatic rings. The van der Waals surface area contributed by atoms with Crippen molar-refractivity contribution in [1.82, 2.24) is 0 Å². The lowest BCUT2D eigenvalue weighted by Crippen LogP contribution is -2.37. The van der Waals surface area contributed by atoms with Gasteiger partial charge in [-0.3, -0.25) is 14.9 Å². The molecule has 0 bridgehead atoms. The number of nitrogens with one attached hydrogen (secondary N) is 1. The fourth-order valence-electron chi connectivity index (χ4n) is 3.34. The van der Waals surface area contributed by atoms with Gasteiger partial charge >= 0.3 is 0 Å². The van der Waals surface area contributed by atoms with Crippen molar-refractivity contribution in [2.24, 2.45) is 0 Å². The van der Waals surface area contributed by atoms with Crippen LogP contribution in [0.4, 0.5) is 11.4 Å². The minimum absolute atomic E-state index is 0.0793. The Bertz CT molecular complexity index is 894. The predicted molar refractivity (Wildman–Crippen MR) is 94.2 cm³/mol. The zero-order chi connectivity index (χ0) is 18.5. The van der Waals surface area contributed by atoms with E-state index in [1.54, 1.807) is 6.07 Å². The average molecular weight is 354 g/mol. The normalized spacial score (nSPS) is 21.8. The van der Waals surface area contributed by atoms with E-state index in [9.17, 15) is 14.9 Å². The first-order valence-corrected chi connectivity index (χ1v) is 8.36. The highest BCUT2D eigenvalue weighted by molar-refractivity contribution is 5.95. The number of fused-ring (bicyclic) bond motifs is 3. The standard InChI is InChI=1S/C19H18N2O5/c1-19(2)18-17(25-18)12-9-13(14(21(23)24)10-15(12)26-19)20-16(22)8-11-6-4-3-5-7-11/h3-7,9-10,17-18H,8H2,1-2H3,(H,20,22). The van der Waals surface area contributed by atoms with E-state index >= 15 is 0 Å². The Morgan fingerprint density at radius 3 is 2.69 bits per heavy atom. The number of rotatable bonds is 4. The Morgan fingerprint density at radius 2 is 2.00 bits per heavy atom. The molecule has 0 radical (unpaired) electrons. The Morgan fingerprint density at radius 1 is 1.27 bits per heavy atom. The number of epoxide rings is 1. The molecule has 0 saturated carbocycles. The fourth-order valence-corrected chi connectivity index (χ4v) is 3.34. The quantitative estimate of drug-likeness (QED) is 0.516.